The van der Waals surface area contributed by atoms with Crippen molar-refractivity contribution >= 4 is 17.1 Å². The molecule has 0 saturated carbocycles. The minimum Gasteiger partial charge on any atom is -0.399 e. The fourth-order valence-corrected chi connectivity index (χ4v) is 3.83. The zero-order chi connectivity index (χ0) is 20.1. The first-order chi connectivity index (χ1) is 14.2. The van der Waals surface area contributed by atoms with Gasteiger partial charge in [-0.05, 0) is 60.4 Å². The third kappa shape index (κ3) is 4.33. The number of nitrogens with two attached hydrogens (primary N) is 1. The van der Waals surface area contributed by atoms with Crippen LogP contribution < -0.4 is 10.6 Å². The summed E-state index contributed by atoms with van der Waals surface area (Å²) in [6.45, 7) is 4.38. The Kier molecular flexibility index (Phi) is 5.62. The lowest BCUT2D eigenvalue weighted by Crippen LogP contribution is -2.16. The zero-order valence-corrected chi connectivity index (χ0v) is 16.5. The molecule has 2 nitrogen and oxygen atoms in total. The maximum absolute atomic E-state index is 6.13. The molecule has 1 aliphatic heterocycles. The monoisotopic (exact) mass is 378 g/mol. The number of para-hydroxylation sites is 1. The van der Waals surface area contributed by atoms with Gasteiger partial charge in [0.25, 0.3) is 0 Å². The number of nitrogens with zero attached hydrogens (tertiary/aromatic N) is 1. The molecule has 0 amide bonds. The van der Waals surface area contributed by atoms with Crippen molar-refractivity contribution in [1.29, 1.82) is 0 Å². The van der Waals surface area contributed by atoms with Crippen molar-refractivity contribution in [2.24, 2.45) is 0 Å². The average molecular weight is 379 g/mol. The van der Waals surface area contributed by atoms with Gasteiger partial charge in [-0.1, -0.05) is 73.3 Å². The zero-order valence-electron chi connectivity index (χ0n) is 16.5. The molecule has 0 aliphatic carbocycles. The molecule has 1 aliphatic rings. The number of benzene rings is 3. The SMILES string of the molecule is C=C1/C=C\CC(c2ccccc2)/C=C/Cc2cc(N)ccc2N1c1ccccc1. The maximum Gasteiger partial charge on any atom is 0.0498 e. The fourth-order valence-electron chi connectivity index (χ4n) is 3.83. The van der Waals surface area contributed by atoms with Crippen LogP contribution in [-0.2, 0) is 6.42 Å². The Morgan fingerprint density at radius 3 is 2.34 bits per heavy atom. The number of anilines is 3. The van der Waals surface area contributed by atoms with E-state index in [2.05, 4.69) is 103 Å². The van der Waals surface area contributed by atoms with Crippen molar-refractivity contribution in [3.63, 3.8) is 0 Å². The van der Waals surface area contributed by atoms with E-state index in [4.69, 9.17) is 5.73 Å². The van der Waals surface area contributed by atoms with Crippen molar-refractivity contribution in [1.82, 2.24) is 0 Å². The Bertz CT molecular complexity index is 1030. The van der Waals surface area contributed by atoms with E-state index in [0.29, 0.717) is 5.92 Å². The third-order valence-electron chi connectivity index (χ3n) is 5.28. The molecule has 3 aromatic carbocycles. The number of hydrogen-bond donors (Lipinski definition) is 1. The van der Waals surface area contributed by atoms with Gasteiger partial charge in [-0.25, -0.2) is 0 Å². The fraction of sp³-hybridized carbons (Fsp3) is 0.111. The van der Waals surface area contributed by atoms with Crippen molar-refractivity contribution in [3.05, 3.63) is 127 Å². The minimum atomic E-state index is 0.341. The van der Waals surface area contributed by atoms with Gasteiger partial charge in [0.1, 0.15) is 0 Å². The summed E-state index contributed by atoms with van der Waals surface area (Å²) in [7, 11) is 0. The predicted molar refractivity (Wildman–Crippen MR) is 124 cm³/mol. The quantitative estimate of drug-likeness (QED) is 0.394. The summed E-state index contributed by atoms with van der Waals surface area (Å²) < 4.78 is 0. The second-order valence-electron chi connectivity index (χ2n) is 7.34. The van der Waals surface area contributed by atoms with Crippen molar-refractivity contribution in [3.8, 4) is 0 Å². The van der Waals surface area contributed by atoms with E-state index in [1.807, 2.05) is 12.1 Å². The number of rotatable bonds is 2. The summed E-state index contributed by atoms with van der Waals surface area (Å²) in [4.78, 5) is 2.21. The Hall–Kier alpha value is -3.52. The van der Waals surface area contributed by atoms with Gasteiger partial charge in [0, 0.05) is 28.7 Å². The minimum absolute atomic E-state index is 0.341. The molecule has 0 spiro atoms. The molecular formula is C27H26N2. The van der Waals surface area contributed by atoms with E-state index in [1.165, 1.54) is 11.1 Å². The summed E-state index contributed by atoms with van der Waals surface area (Å²) in [5.74, 6) is 0.341. The largest absolute Gasteiger partial charge is 0.399 e. The molecule has 1 unspecified atom stereocenters. The molecule has 1 atom stereocenters. The number of fused-ring (bicyclic) bond motifs is 1. The molecule has 0 radical (unpaired) electrons. The topological polar surface area (TPSA) is 29.3 Å². The van der Waals surface area contributed by atoms with E-state index in [1.54, 1.807) is 0 Å². The van der Waals surface area contributed by atoms with Crippen LogP contribution in [0.1, 0.15) is 23.5 Å². The van der Waals surface area contributed by atoms with Crippen molar-refractivity contribution < 1.29 is 0 Å². The van der Waals surface area contributed by atoms with Crippen LogP contribution in [0.15, 0.2) is 115 Å². The molecule has 1 heterocycles. The van der Waals surface area contributed by atoms with Gasteiger partial charge in [0.05, 0.1) is 0 Å². The summed E-state index contributed by atoms with van der Waals surface area (Å²) in [6, 6.07) is 27.1. The van der Waals surface area contributed by atoms with Crippen LogP contribution in [0.2, 0.25) is 0 Å². The van der Waals surface area contributed by atoms with E-state index >= 15 is 0 Å². The maximum atomic E-state index is 6.13. The first-order valence-corrected chi connectivity index (χ1v) is 10.0. The highest BCUT2D eigenvalue weighted by atomic mass is 15.1. The van der Waals surface area contributed by atoms with E-state index in [-0.39, 0.29) is 0 Å². The predicted octanol–water partition coefficient (Wildman–Crippen LogP) is 6.76. The Labute approximate surface area is 173 Å². The van der Waals surface area contributed by atoms with Crippen LogP contribution in [0, 0.1) is 0 Å². The normalized spacial score (nSPS) is 19.1. The second-order valence-corrected chi connectivity index (χ2v) is 7.34. The lowest BCUT2D eigenvalue weighted by atomic mass is 9.94. The lowest BCUT2D eigenvalue weighted by Gasteiger charge is -2.28. The van der Waals surface area contributed by atoms with Gasteiger partial charge in [0.15, 0.2) is 0 Å². The molecule has 144 valence electrons. The van der Waals surface area contributed by atoms with E-state index in [9.17, 15) is 0 Å². The molecule has 0 fully saturated rings. The first kappa shape index (κ1) is 18.8. The van der Waals surface area contributed by atoms with Crippen LogP contribution in [0.4, 0.5) is 17.1 Å². The number of hydrogen-bond acceptors (Lipinski definition) is 2. The summed E-state index contributed by atoms with van der Waals surface area (Å²) in [5, 5.41) is 0. The highest BCUT2D eigenvalue weighted by molar-refractivity contribution is 5.74. The third-order valence-corrected chi connectivity index (χ3v) is 5.28. The van der Waals surface area contributed by atoms with Crippen LogP contribution >= 0.6 is 0 Å². The van der Waals surface area contributed by atoms with Gasteiger partial charge in [0.2, 0.25) is 0 Å². The smallest absolute Gasteiger partial charge is 0.0498 e. The van der Waals surface area contributed by atoms with E-state index < -0.39 is 0 Å². The molecule has 0 bridgehead atoms. The second kappa shape index (κ2) is 8.66. The molecular weight excluding hydrogens is 352 g/mol. The number of allylic oxidation sites excluding steroid dienone is 4. The average Bonchev–Trinajstić information content (AvgIpc) is 2.78. The van der Waals surface area contributed by atoms with Crippen LogP contribution in [0.5, 0.6) is 0 Å². The van der Waals surface area contributed by atoms with Gasteiger partial charge >= 0.3 is 0 Å². The number of nitrogen functional groups attached to an aromatic ring is 1. The van der Waals surface area contributed by atoms with Crippen LogP contribution in [0.3, 0.4) is 0 Å². The van der Waals surface area contributed by atoms with Crippen LogP contribution in [-0.4, -0.2) is 0 Å². The molecule has 3 aromatic rings. The highest BCUT2D eigenvalue weighted by Gasteiger charge is 2.16. The molecule has 2 N–H and O–H groups in total. The van der Waals surface area contributed by atoms with Gasteiger partial charge < -0.3 is 10.6 Å². The molecule has 2 heteroatoms. The Morgan fingerprint density at radius 2 is 1.59 bits per heavy atom. The molecule has 0 aromatic heterocycles. The first-order valence-electron chi connectivity index (χ1n) is 10.0. The summed E-state index contributed by atoms with van der Waals surface area (Å²) in [6.07, 6.45) is 10.7. The van der Waals surface area contributed by atoms with Crippen LogP contribution in [0.25, 0.3) is 0 Å². The summed E-state index contributed by atoms with van der Waals surface area (Å²) in [5.41, 5.74) is 12.6. The van der Waals surface area contributed by atoms with Gasteiger partial charge in [-0.3, -0.25) is 0 Å². The summed E-state index contributed by atoms with van der Waals surface area (Å²) >= 11 is 0. The van der Waals surface area contributed by atoms with Crippen molar-refractivity contribution in [2.75, 3.05) is 10.6 Å². The standard InChI is InChI=1S/C27H26N2/c1-21-10-8-13-23(22-11-4-2-5-12-22)14-9-15-24-20-25(28)18-19-27(24)29(21)26-16-6-3-7-17-26/h2-12,14,16-20,23H,1,13,15,28H2/b10-8-,14-9+. The van der Waals surface area contributed by atoms with E-state index in [0.717, 1.165) is 35.6 Å². The molecule has 0 saturated heterocycles. The Balaban J connectivity index is 1.79. The Morgan fingerprint density at radius 1 is 0.862 bits per heavy atom. The lowest BCUT2D eigenvalue weighted by molar-refractivity contribution is 0.859. The van der Waals surface area contributed by atoms with Gasteiger partial charge in [-0.2, -0.15) is 0 Å². The molecule has 4 rings (SSSR count). The molecule has 29 heavy (non-hydrogen) atoms. The van der Waals surface area contributed by atoms with Crippen molar-refractivity contribution in [2.45, 2.75) is 18.8 Å². The highest BCUT2D eigenvalue weighted by Crippen LogP contribution is 2.35. The van der Waals surface area contributed by atoms with Gasteiger partial charge in [-0.15, -0.1) is 0 Å².